The number of nitrogens with one attached hydrogen (secondary N) is 1. The molecule has 0 aromatic carbocycles. The molecule has 1 atom stereocenters. The summed E-state index contributed by atoms with van der Waals surface area (Å²) in [4.78, 5) is 13.1. The van der Waals surface area contributed by atoms with E-state index in [1.165, 1.54) is 0 Å². The van der Waals surface area contributed by atoms with Crippen molar-refractivity contribution < 1.29 is 9.47 Å². The lowest BCUT2D eigenvalue weighted by Gasteiger charge is -2.23. The fourth-order valence-corrected chi connectivity index (χ4v) is 2.18. The maximum atomic E-state index is 5.60. The van der Waals surface area contributed by atoms with Crippen LogP contribution in [0.4, 0.5) is 5.82 Å². The topological polar surface area (TPSA) is 69.2 Å². The monoisotopic (exact) mass is 286 g/mol. The molecule has 0 unspecified atom stereocenters. The lowest BCUT2D eigenvalue weighted by molar-refractivity contribution is -0.0819. The van der Waals surface area contributed by atoms with Crippen molar-refractivity contribution in [2.45, 2.75) is 13.0 Å². The van der Waals surface area contributed by atoms with Gasteiger partial charge < -0.3 is 14.8 Å². The average Bonchev–Trinajstić information content (AvgIpc) is 2.54. The van der Waals surface area contributed by atoms with E-state index in [9.17, 15) is 0 Å². The maximum absolute atomic E-state index is 5.60. The summed E-state index contributed by atoms with van der Waals surface area (Å²) < 4.78 is 11.0. The first-order valence-electron chi connectivity index (χ1n) is 7.01. The number of aromatic nitrogens is 3. The van der Waals surface area contributed by atoms with Crippen LogP contribution in [0.25, 0.3) is 11.4 Å². The Balaban J connectivity index is 1.72. The van der Waals surface area contributed by atoms with Crippen molar-refractivity contribution >= 4 is 5.82 Å². The van der Waals surface area contributed by atoms with Crippen LogP contribution in [0.5, 0.6) is 0 Å². The Kier molecular flexibility index (Phi) is 4.37. The third-order valence-corrected chi connectivity index (χ3v) is 3.16. The third kappa shape index (κ3) is 3.74. The molecule has 1 aliphatic heterocycles. The van der Waals surface area contributed by atoms with E-state index in [2.05, 4.69) is 20.3 Å². The second kappa shape index (κ2) is 6.60. The minimum absolute atomic E-state index is 0.0623. The molecule has 2 aromatic heterocycles. The van der Waals surface area contributed by atoms with Crippen LogP contribution in [-0.4, -0.2) is 47.4 Å². The van der Waals surface area contributed by atoms with Crippen molar-refractivity contribution in [2.75, 3.05) is 31.7 Å². The van der Waals surface area contributed by atoms with E-state index >= 15 is 0 Å². The lowest BCUT2D eigenvalue weighted by Crippen LogP contribution is -2.34. The molecule has 3 rings (SSSR count). The lowest BCUT2D eigenvalue weighted by atomic mass is 10.2. The molecule has 0 radical (unpaired) electrons. The molecular formula is C15H18N4O2. The van der Waals surface area contributed by atoms with Crippen LogP contribution in [0.15, 0.2) is 30.5 Å². The molecule has 2 aromatic rings. The average molecular weight is 286 g/mol. The van der Waals surface area contributed by atoms with Crippen molar-refractivity contribution in [3.63, 3.8) is 0 Å². The standard InChI is InChI=1S/C15H18N4O2/c1-11-18-14(13-4-2-3-5-16-13)8-15(19-11)17-9-12-10-20-6-7-21-12/h2-5,8,12H,6-7,9-10H2,1H3,(H,17,18,19)/t12-/m0/s1. The quantitative estimate of drug-likeness (QED) is 0.922. The molecule has 6 heteroatoms. The number of hydrogen-bond donors (Lipinski definition) is 1. The molecule has 6 nitrogen and oxygen atoms in total. The summed E-state index contributed by atoms with van der Waals surface area (Å²) in [7, 11) is 0. The first-order valence-corrected chi connectivity index (χ1v) is 7.01. The molecule has 1 N–H and O–H groups in total. The van der Waals surface area contributed by atoms with Crippen molar-refractivity contribution in [3.8, 4) is 11.4 Å². The van der Waals surface area contributed by atoms with E-state index in [0.29, 0.717) is 32.2 Å². The number of ether oxygens (including phenoxy) is 2. The molecular weight excluding hydrogens is 268 g/mol. The highest BCUT2D eigenvalue weighted by atomic mass is 16.6. The number of hydrogen-bond acceptors (Lipinski definition) is 6. The van der Waals surface area contributed by atoms with E-state index in [-0.39, 0.29) is 6.10 Å². The second-order valence-corrected chi connectivity index (χ2v) is 4.85. The zero-order chi connectivity index (χ0) is 14.5. The Morgan fingerprint density at radius 1 is 1.24 bits per heavy atom. The van der Waals surface area contributed by atoms with E-state index in [4.69, 9.17) is 9.47 Å². The zero-order valence-electron chi connectivity index (χ0n) is 12.0. The van der Waals surface area contributed by atoms with Crippen molar-refractivity contribution in [3.05, 3.63) is 36.3 Å². The molecule has 21 heavy (non-hydrogen) atoms. The van der Waals surface area contributed by atoms with E-state index in [1.807, 2.05) is 31.2 Å². The first kappa shape index (κ1) is 13.9. The molecule has 1 fully saturated rings. The normalized spacial score (nSPS) is 18.4. The molecule has 0 bridgehead atoms. The number of anilines is 1. The summed E-state index contributed by atoms with van der Waals surface area (Å²) in [6, 6.07) is 7.67. The highest BCUT2D eigenvalue weighted by Crippen LogP contribution is 2.17. The van der Waals surface area contributed by atoms with Gasteiger partial charge >= 0.3 is 0 Å². The minimum Gasteiger partial charge on any atom is -0.376 e. The summed E-state index contributed by atoms with van der Waals surface area (Å²) >= 11 is 0. The van der Waals surface area contributed by atoms with E-state index in [0.717, 1.165) is 17.2 Å². The molecule has 0 aliphatic carbocycles. The summed E-state index contributed by atoms with van der Waals surface area (Å²) in [6.07, 6.45) is 1.82. The Bertz CT molecular complexity index is 585. The summed E-state index contributed by atoms with van der Waals surface area (Å²) in [5.74, 6) is 1.48. The van der Waals surface area contributed by atoms with Gasteiger partial charge in [0.25, 0.3) is 0 Å². The van der Waals surface area contributed by atoms with Crippen LogP contribution >= 0.6 is 0 Å². The van der Waals surface area contributed by atoms with Gasteiger partial charge in [0, 0.05) is 18.8 Å². The third-order valence-electron chi connectivity index (χ3n) is 3.16. The fourth-order valence-electron chi connectivity index (χ4n) is 2.18. The van der Waals surface area contributed by atoms with E-state index < -0.39 is 0 Å². The number of aryl methyl sites for hydroxylation is 1. The Morgan fingerprint density at radius 2 is 2.19 bits per heavy atom. The van der Waals surface area contributed by atoms with Gasteiger partial charge in [-0.25, -0.2) is 9.97 Å². The number of pyridine rings is 1. The van der Waals surface area contributed by atoms with Crippen LogP contribution in [0.1, 0.15) is 5.82 Å². The van der Waals surface area contributed by atoms with Gasteiger partial charge in [-0.1, -0.05) is 6.07 Å². The van der Waals surface area contributed by atoms with Crippen LogP contribution in [-0.2, 0) is 9.47 Å². The van der Waals surface area contributed by atoms with Gasteiger partial charge in [-0.3, -0.25) is 4.98 Å². The largest absolute Gasteiger partial charge is 0.376 e. The number of rotatable bonds is 4. The molecule has 3 heterocycles. The van der Waals surface area contributed by atoms with Crippen LogP contribution in [0, 0.1) is 6.92 Å². The smallest absolute Gasteiger partial charge is 0.130 e. The molecule has 0 saturated carbocycles. The van der Waals surface area contributed by atoms with Gasteiger partial charge in [0.05, 0.1) is 37.3 Å². The molecule has 0 amide bonds. The van der Waals surface area contributed by atoms with Crippen LogP contribution in [0.3, 0.4) is 0 Å². The summed E-state index contributed by atoms with van der Waals surface area (Å²) in [6.45, 7) is 4.47. The van der Waals surface area contributed by atoms with Gasteiger partial charge in [-0.05, 0) is 19.1 Å². The molecule has 110 valence electrons. The van der Waals surface area contributed by atoms with Crippen LogP contribution < -0.4 is 5.32 Å². The fraction of sp³-hybridized carbons (Fsp3) is 0.400. The molecule has 1 aliphatic rings. The van der Waals surface area contributed by atoms with Crippen LogP contribution in [0.2, 0.25) is 0 Å². The predicted molar refractivity (Wildman–Crippen MR) is 79.0 cm³/mol. The zero-order valence-corrected chi connectivity index (χ0v) is 12.0. The Morgan fingerprint density at radius 3 is 2.95 bits per heavy atom. The van der Waals surface area contributed by atoms with Gasteiger partial charge in [0.15, 0.2) is 0 Å². The SMILES string of the molecule is Cc1nc(NC[C@H]2COCCO2)cc(-c2ccccn2)n1. The summed E-state index contributed by atoms with van der Waals surface area (Å²) in [5, 5.41) is 3.28. The number of nitrogens with zero attached hydrogens (tertiary/aromatic N) is 3. The Labute approximate surface area is 123 Å². The van der Waals surface area contributed by atoms with Crippen molar-refractivity contribution in [1.29, 1.82) is 0 Å². The molecule has 1 saturated heterocycles. The van der Waals surface area contributed by atoms with Gasteiger partial charge in [0.2, 0.25) is 0 Å². The summed E-state index contributed by atoms with van der Waals surface area (Å²) in [5.41, 5.74) is 1.65. The maximum Gasteiger partial charge on any atom is 0.130 e. The Hall–Kier alpha value is -2.05. The van der Waals surface area contributed by atoms with Gasteiger partial charge in [-0.15, -0.1) is 0 Å². The highest BCUT2D eigenvalue weighted by molar-refractivity contribution is 5.58. The first-order chi connectivity index (χ1) is 10.3. The minimum atomic E-state index is 0.0623. The van der Waals surface area contributed by atoms with Crippen molar-refractivity contribution in [1.82, 2.24) is 15.0 Å². The van der Waals surface area contributed by atoms with E-state index in [1.54, 1.807) is 6.20 Å². The van der Waals surface area contributed by atoms with Crippen molar-refractivity contribution in [2.24, 2.45) is 0 Å². The second-order valence-electron chi connectivity index (χ2n) is 4.85. The predicted octanol–water partition coefficient (Wildman–Crippen LogP) is 1.67. The van der Waals surface area contributed by atoms with Gasteiger partial charge in [0.1, 0.15) is 11.6 Å². The van der Waals surface area contributed by atoms with Gasteiger partial charge in [-0.2, -0.15) is 0 Å². The molecule has 0 spiro atoms. The highest BCUT2D eigenvalue weighted by Gasteiger charge is 2.14.